The largest absolute Gasteiger partial charge is 0.444 e. The second-order valence-electron chi connectivity index (χ2n) is 10.2. The molecule has 1 aliphatic heterocycles. The number of hydrogen-bond acceptors (Lipinski definition) is 4. The van der Waals surface area contributed by atoms with Gasteiger partial charge in [0.25, 0.3) is 10.0 Å². The molecule has 1 aromatic heterocycles. The second kappa shape index (κ2) is 9.18. The zero-order valence-electron chi connectivity index (χ0n) is 20.8. The Morgan fingerprint density at radius 2 is 1.77 bits per heavy atom. The molecular formula is C26H32FN3O4S. The Morgan fingerprint density at radius 3 is 2.40 bits per heavy atom. The first-order valence-electron chi connectivity index (χ1n) is 11.7. The number of hydrogen-bond donors (Lipinski definition) is 1. The number of carbonyl (C=O) groups excluding carboxylic acids is 1. The number of benzene rings is 2. The van der Waals surface area contributed by atoms with Crippen molar-refractivity contribution < 1.29 is 22.3 Å². The second-order valence-corrected chi connectivity index (χ2v) is 11.8. The van der Waals surface area contributed by atoms with Crippen molar-refractivity contribution in [1.29, 1.82) is 0 Å². The van der Waals surface area contributed by atoms with Crippen LogP contribution in [0.3, 0.4) is 0 Å². The maximum atomic E-state index is 13.6. The maximum Gasteiger partial charge on any atom is 0.410 e. The number of aryl methyl sites for hydroxylation is 2. The Hall–Kier alpha value is -3.07. The molecule has 0 aliphatic carbocycles. The van der Waals surface area contributed by atoms with E-state index in [1.165, 1.54) is 18.2 Å². The molecule has 35 heavy (non-hydrogen) atoms. The van der Waals surface area contributed by atoms with Crippen LogP contribution in [-0.2, 0) is 21.8 Å². The summed E-state index contributed by atoms with van der Waals surface area (Å²) in [5.74, 6) is -0.130. The number of halogens is 1. The maximum absolute atomic E-state index is 13.6. The van der Waals surface area contributed by atoms with Gasteiger partial charge in [-0.15, -0.1) is 0 Å². The molecule has 2 aromatic carbocycles. The third kappa shape index (κ3) is 5.45. The van der Waals surface area contributed by atoms with Crippen molar-refractivity contribution in [1.82, 2.24) is 9.47 Å². The van der Waals surface area contributed by atoms with E-state index in [-0.39, 0.29) is 17.0 Å². The molecule has 0 unspecified atom stereocenters. The Morgan fingerprint density at radius 1 is 1.09 bits per heavy atom. The summed E-state index contributed by atoms with van der Waals surface area (Å²) < 4.78 is 49.6. The van der Waals surface area contributed by atoms with Crippen molar-refractivity contribution in [2.24, 2.45) is 7.05 Å². The molecule has 188 valence electrons. The number of aromatic nitrogens is 1. The fourth-order valence-corrected chi connectivity index (χ4v) is 5.89. The summed E-state index contributed by atoms with van der Waals surface area (Å²) in [7, 11) is -2.23. The van der Waals surface area contributed by atoms with Gasteiger partial charge in [-0.05, 0) is 87.9 Å². The molecular weight excluding hydrogens is 469 g/mol. The van der Waals surface area contributed by atoms with E-state index >= 15 is 0 Å². The molecule has 0 radical (unpaired) electrons. The minimum Gasteiger partial charge on any atom is -0.444 e. The van der Waals surface area contributed by atoms with E-state index in [1.54, 1.807) is 28.6 Å². The molecule has 4 rings (SSSR count). The lowest BCUT2D eigenvalue weighted by Gasteiger charge is -2.33. The van der Waals surface area contributed by atoms with Gasteiger partial charge < -0.3 is 14.2 Å². The topological polar surface area (TPSA) is 80.6 Å². The van der Waals surface area contributed by atoms with Crippen molar-refractivity contribution in [3.05, 3.63) is 59.4 Å². The number of rotatable bonds is 4. The van der Waals surface area contributed by atoms with Crippen LogP contribution in [0.2, 0.25) is 0 Å². The van der Waals surface area contributed by atoms with Crippen molar-refractivity contribution in [3.8, 4) is 0 Å². The minimum absolute atomic E-state index is 0.0658. The lowest BCUT2D eigenvalue weighted by atomic mass is 9.88. The Kier molecular flexibility index (Phi) is 6.57. The number of fused-ring (bicyclic) bond motifs is 1. The number of piperidine rings is 1. The van der Waals surface area contributed by atoms with E-state index in [1.807, 2.05) is 39.8 Å². The SMILES string of the molecule is Cc1cc(C2CCN(C(=O)OC(C)(C)C)CC2)ccc1NS(=O)(=O)c1cc2cc(F)ccc2n1C. The monoisotopic (exact) mass is 501 g/mol. The van der Waals surface area contributed by atoms with Gasteiger partial charge >= 0.3 is 6.09 Å². The van der Waals surface area contributed by atoms with Gasteiger partial charge in [0, 0.05) is 31.0 Å². The molecule has 1 amide bonds. The van der Waals surface area contributed by atoms with Crippen LogP contribution in [0.4, 0.5) is 14.9 Å². The predicted octanol–water partition coefficient (Wildman–Crippen LogP) is 5.54. The quantitative estimate of drug-likeness (QED) is 0.509. The Balaban J connectivity index is 1.46. The highest BCUT2D eigenvalue weighted by molar-refractivity contribution is 7.92. The number of nitrogens with one attached hydrogen (secondary N) is 1. The zero-order valence-corrected chi connectivity index (χ0v) is 21.6. The molecule has 3 aromatic rings. The zero-order chi connectivity index (χ0) is 25.5. The standard InChI is InChI=1S/C26H32FN3O4S/c1-17-14-19(18-10-12-30(13-11-18)25(31)34-26(2,3)4)6-8-22(17)28-35(32,33)24-16-20-15-21(27)7-9-23(20)29(24)5/h6-9,14-16,18,28H,10-13H2,1-5H3. The van der Waals surface area contributed by atoms with Crippen molar-refractivity contribution in [2.45, 2.75) is 57.1 Å². The molecule has 7 nitrogen and oxygen atoms in total. The summed E-state index contributed by atoms with van der Waals surface area (Å²) in [4.78, 5) is 14.1. The number of nitrogens with zero attached hydrogens (tertiary/aromatic N) is 2. The molecule has 0 spiro atoms. The molecule has 1 saturated heterocycles. The van der Waals surface area contributed by atoms with Crippen molar-refractivity contribution in [3.63, 3.8) is 0 Å². The lowest BCUT2D eigenvalue weighted by molar-refractivity contribution is 0.0205. The molecule has 1 N–H and O–H groups in total. The molecule has 0 atom stereocenters. The molecule has 0 bridgehead atoms. The van der Waals surface area contributed by atoms with E-state index in [0.717, 1.165) is 24.0 Å². The van der Waals surface area contributed by atoms with Crippen LogP contribution < -0.4 is 4.72 Å². The smallest absolute Gasteiger partial charge is 0.410 e. The average Bonchev–Trinajstić information content (AvgIpc) is 3.10. The van der Waals surface area contributed by atoms with Gasteiger partial charge in [0.2, 0.25) is 0 Å². The molecule has 1 fully saturated rings. The number of amides is 1. The van der Waals surface area contributed by atoms with Gasteiger partial charge in [0.15, 0.2) is 5.03 Å². The summed E-state index contributed by atoms with van der Waals surface area (Å²) in [5, 5.41) is 0.591. The van der Waals surface area contributed by atoms with Gasteiger partial charge in [-0.25, -0.2) is 9.18 Å². The van der Waals surface area contributed by atoms with E-state index in [9.17, 15) is 17.6 Å². The number of likely N-dealkylation sites (tertiary alicyclic amines) is 1. The Bertz CT molecular complexity index is 1370. The predicted molar refractivity (Wildman–Crippen MR) is 135 cm³/mol. The highest BCUT2D eigenvalue weighted by Crippen LogP contribution is 2.32. The minimum atomic E-state index is -3.88. The molecule has 9 heteroatoms. The van der Waals surface area contributed by atoms with Gasteiger partial charge in [0.1, 0.15) is 11.4 Å². The summed E-state index contributed by atoms with van der Waals surface area (Å²) in [5.41, 5.74) is 2.55. The lowest BCUT2D eigenvalue weighted by Crippen LogP contribution is -2.41. The van der Waals surface area contributed by atoms with Crippen LogP contribution in [0.5, 0.6) is 0 Å². The van der Waals surface area contributed by atoms with E-state index in [0.29, 0.717) is 29.7 Å². The fourth-order valence-electron chi connectivity index (χ4n) is 4.53. The van der Waals surface area contributed by atoms with Gasteiger partial charge in [0.05, 0.1) is 5.69 Å². The Labute approximate surface area is 205 Å². The van der Waals surface area contributed by atoms with Crippen molar-refractivity contribution >= 4 is 32.7 Å². The highest BCUT2D eigenvalue weighted by Gasteiger charge is 2.28. The van der Waals surface area contributed by atoms with Crippen LogP contribution in [0.1, 0.15) is 50.7 Å². The van der Waals surface area contributed by atoms with Gasteiger partial charge in [-0.1, -0.05) is 12.1 Å². The average molecular weight is 502 g/mol. The number of sulfonamides is 1. The highest BCUT2D eigenvalue weighted by atomic mass is 32.2. The first-order chi connectivity index (χ1) is 16.3. The third-order valence-corrected chi connectivity index (χ3v) is 7.78. The van der Waals surface area contributed by atoms with Crippen LogP contribution >= 0.6 is 0 Å². The number of anilines is 1. The van der Waals surface area contributed by atoms with Gasteiger partial charge in [-0.3, -0.25) is 4.72 Å². The van der Waals surface area contributed by atoms with E-state index in [4.69, 9.17) is 4.74 Å². The third-order valence-electron chi connectivity index (χ3n) is 6.35. The molecule has 1 aliphatic rings. The summed E-state index contributed by atoms with van der Waals surface area (Å²) in [6.45, 7) is 8.68. The van der Waals surface area contributed by atoms with Crippen LogP contribution in [0, 0.1) is 12.7 Å². The fraction of sp³-hybridized carbons (Fsp3) is 0.423. The van der Waals surface area contributed by atoms with Crippen LogP contribution in [-0.4, -0.2) is 42.7 Å². The normalized spacial score (nSPS) is 15.4. The molecule has 2 heterocycles. The van der Waals surface area contributed by atoms with Gasteiger partial charge in [-0.2, -0.15) is 8.42 Å². The van der Waals surface area contributed by atoms with Crippen LogP contribution in [0.25, 0.3) is 10.9 Å². The molecule has 0 saturated carbocycles. The van der Waals surface area contributed by atoms with Crippen LogP contribution in [0.15, 0.2) is 47.5 Å². The van der Waals surface area contributed by atoms with E-state index in [2.05, 4.69) is 4.72 Å². The van der Waals surface area contributed by atoms with E-state index < -0.39 is 21.4 Å². The number of ether oxygens (including phenoxy) is 1. The summed E-state index contributed by atoms with van der Waals surface area (Å²) >= 11 is 0. The number of carbonyl (C=O) groups is 1. The van der Waals surface area contributed by atoms with Crippen molar-refractivity contribution in [2.75, 3.05) is 17.8 Å². The first kappa shape index (κ1) is 25.0. The summed E-state index contributed by atoms with van der Waals surface area (Å²) in [6, 6.07) is 11.4. The summed E-state index contributed by atoms with van der Waals surface area (Å²) in [6.07, 6.45) is 1.35. The first-order valence-corrected chi connectivity index (χ1v) is 13.2.